The van der Waals surface area contributed by atoms with Crippen molar-refractivity contribution in [2.75, 3.05) is 79.1 Å². The molecule has 0 amide bonds. The van der Waals surface area contributed by atoms with E-state index in [2.05, 4.69) is 24.6 Å². The lowest BCUT2D eigenvalue weighted by Crippen LogP contribution is -2.34. The molecule has 0 aliphatic rings. The predicted molar refractivity (Wildman–Crippen MR) is 97.3 cm³/mol. The number of rotatable bonds is 21. The molecule has 0 saturated heterocycles. The second-order valence-electron chi connectivity index (χ2n) is 4.79. The highest BCUT2D eigenvalue weighted by atomic mass is 16.5. The third kappa shape index (κ3) is 18.6. The van der Waals surface area contributed by atoms with E-state index in [0.29, 0.717) is 59.5 Å². The molecule has 0 bridgehead atoms. The Labute approximate surface area is 151 Å². The summed E-state index contributed by atoms with van der Waals surface area (Å²) in [6.45, 7) is 17.9. The van der Waals surface area contributed by atoms with Crippen molar-refractivity contribution in [1.29, 1.82) is 0 Å². The van der Waals surface area contributed by atoms with E-state index in [1.807, 2.05) is 0 Å². The molecule has 0 spiro atoms. The summed E-state index contributed by atoms with van der Waals surface area (Å²) in [5.41, 5.74) is 0. The Morgan fingerprint density at radius 2 is 0.800 bits per heavy atom. The van der Waals surface area contributed by atoms with Crippen molar-refractivity contribution < 1.29 is 28.4 Å². The van der Waals surface area contributed by atoms with Gasteiger partial charge in [0.25, 0.3) is 0 Å². The average molecular weight is 359 g/mol. The van der Waals surface area contributed by atoms with Crippen LogP contribution in [-0.2, 0) is 28.4 Å². The first-order valence-corrected chi connectivity index (χ1v) is 8.48. The Kier molecular flexibility index (Phi) is 19.2. The van der Waals surface area contributed by atoms with Crippen LogP contribution in [0.4, 0.5) is 0 Å². The standard InChI is InChI=1S/C18H33NO6/c1-4-20-13-16-23-10-7-19(8-11-24-17-14-21-5-2)9-12-25-18-15-22-6-3/h4-6H,1-3,7-18H2. The highest BCUT2D eigenvalue weighted by molar-refractivity contribution is 4.58. The van der Waals surface area contributed by atoms with E-state index in [1.165, 1.54) is 18.8 Å². The lowest BCUT2D eigenvalue weighted by molar-refractivity contribution is 0.0294. The fourth-order valence-electron chi connectivity index (χ4n) is 1.79. The molecule has 0 aliphatic heterocycles. The fraction of sp³-hybridized carbons (Fsp3) is 0.667. The van der Waals surface area contributed by atoms with E-state index < -0.39 is 0 Å². The molecule has 0 radical (unpaired) electrons. The molecule has 0 atom stereocenters. The summed E-state index contributed by atoms with van der Waals surface area (Å²) in [5, 5.41) is 0. The van der Waals surface area contributed by atoms with Gasteiger partial charge in [0.1, 0.15) is 19.8 Å². The molecule has 0 aromatic heterocycles. The van der Waals surface area contributed by atoms with Gasteiger partial charge >= 0.3 is 0 Å². The molecule has 146 valence electrons. The van der Waals surface area contributed by atoms with Gasteiger partial charge in [-0.15, -0.1) is 0 Å². The van der Waals surface area contributed by atoms with Gasteiger partial charge in [-0.25, -0.2) is 0 Å². The second kappa shape index (κ2) is 20.5. The minimum absolute atomic E-state index is 0.516. The molecule has 0 heterocycles. The van der Waals surface area contributed by atoms with Crippen LogP contribution in [0.5, 0.6) is 0 Å². The molecule has 0 aromatic rings. The molecule has 0 saturated carbocycles. The zero-order chi connectivity index (χ0) is 18.4. The molecule has 0 fully saturated rings. The Bertz CT molecular complexity index is 266. The van der Waals surface area contributed by atoms with E-state index in [4.69, 9.17) is 28.4 Å². The molecular weight excluding hydrogens is 326 g/mol. The molecule has 25 heavy (non-hydrogen) atoms. The summed E-state index contributed by atoms with van der Waals surface area (Å²) >= 11 is 0. The molecule has 0 N–H and O–H groups in total. The van der Waals surface area contributed by atoms with Crippen LogP contribution in [0, 0.1) is 0 Å². The van der Waals surface area contributed by atoms with E-state index >= 15 is 0 Å². The van der Waals surface area contributed by atoms with Crippen LogP contribution in [0.15, 0.2) is 38.5 Å². The van der Waals surface area contributed by atoms with E-state index in [-0.39, 0.29) is 0 Å². The van der Waals surface area contributed by atoms with Gasteiger partial charge in [0, 0.05) is 19.6 Å². The molecule has 0 unspecified atom stereocenters. The second-order valence-corrected chi connectivity index (χ2v) is 4.79. The van der Waals surface area contributed by atoms with Crippen molar-refractivity contribution >= 4 is 0 Å². The maximum atomic E-state index is 5.53. The predicted octanol–water partition coefficient (Wildman–Crippen LogP) is 1.82. The number of nitrogens with zero attached hydrogens (tertiary/aromatic N) is 1. The molecule has 7 heteroatoms. The summed E-state index contributed by atoms with van der Waals surface area (Å²) in [7, 11) is 0. The quantitative estimate of drug-likeness (QED) is 0.229. The highest BCUT2D eigenvalue weighted by Crippen LogP contribution is 1.92. The summed E-state index contributed by atoms with van der Waals surface area (Å²) in [6.07, 6.45) is 4.24. The average Bonchev–Trinajstić information content (AvgIpc) is 2.63. The zero-order valence-electron chi connectivity index (χ0n) is 15.2. The van der Waals surface area contributed by atoms with Crippen molar-refractivity contribution in [3.63, 3.8) is 0 Å². The van der Waals surface area contributed by atoms with Gasteiger partial charge in [-0.2, -0.15) is 0 Å². The SMILES string of the molecule is C=COCCOCCN(CCOCCOC=C)CCOCCOC=C. The van der Waals surface area contributed by atoms with Crippen molar-refractivity contribution in [2.24, 2.45) is 0 Å². The van der Waals surface area contributed by atoms with Gasteiger partial charge in [-0.3, -0.25) is 4.90 Å². The van der Waals surface area contributed by atoms with Gasteiger partial charge in [-0.1, -0.05) is 19.7 Å². The van der Waals surface area contributed by atoms with Gasteiger partial charge in [-0.05, 0) is 0 Å². The van der Waals surface area contributed by atoms with Crippen LogP contribution in [0.1, 0.15) is 0 Å². The Hall–Kier alpha value is -1.54. The van der Waals surface area contributed by atoms with Crippen LogP contribution in [0.2, 0.25) is 0 Å². The topological polar surface area (TPSA) is 58.6 Å². The largest absolute Gasteiger partial charge is 0.499 e. The Morgan fingerprint density at radius 3 is 1.08 bits per heavy atom. The summed E-state index contributed by atoms with van der Waals surface area (Å²) in [5.74, 6) is 0. The fourth-order valence-corrected chi connectivity index (χ4v) is 1.79. The van der Waals surface area contributed by atoms with Crippen molar-refractivity contribution in [3.05, 3.63) is 38.5 Å². The van der Waals surface area contributed by atoms with Gasteiger partial charge in [0.2, 0.25) is 0 Å². The number of hydrogen-bond donors (Lipinski definition) is 0. The summed E-state index contributed by atoms with van der Waals surface area (Å²) in [6, 6.07) is 0. The third-order valence-electron chi connectivity index (χ3n) is 3.05. The van der Waals surface area contributed by atoms with Crippen LogP contribution >= 0.6 is 0 Å². The molecular formula is C18H33NO6. The molecule has 0 aromatic carbocycles. The maximum Gasteiger partial charge on any atom is 0.111 e. The monoisotopic (exact) mass is 359 g/mol. The Morgan fingerprint density at radius 1 is 0.480 bits per heavy atom. The Balaban J connectivity index is 3.81. The van der Waals surface area contributed by atoms with Crippen LogP contribution in [0.25, 0.3) is 0 Å². The number of ether oxygens (including phenoxy) is 6. The molecule has 0 aliphatic carbocycles. The smallest absolute Gasteiger partial charge is 0.111 e. The van der Waals surface area contributed by atoms with Crippen molar-refractivity contribution in [3.8, 4) is 0 Å². The van der Waals surface area contributed by atoms with Gasteiger partial charge in [0.05, 0.1) is 58.4 Å². The third-order valence-corrected chi connectivity index (χ3v) is 3.05. The first kappa shape index (κ1) is 23.5. The molecule has 7 nitrogen and oxygen atoms in total. The van der Waals surface area contributed by atoms with Crippen molar-refractivity contribution in [1.82, 2.24) is 4.90 Å². The van der Waals surface area contributed by atoms with Crippen molar-refractivity contribution in [2.45, 2.75) is 0 Å². The van der Waals surface area contributed by atoms with E-state index in [9.17, 15) is 0 Å². The van der Waals surface area contributed by atoms with E-state index in [0.717, 1.165) is 19.6 Å². The minimum Gasteiger partial charge on any atom is -0.499 e. The highest BCUT2D eigenvalue weighted by Gasteiger charge is 2.05. The first-order valence-electron chi connectivity index (χ1n) is 8.48. The summed E-state index contributed by atoms with van der Waals surface area (Å²) in [4.78, 5) is 2.23. The first-order chi connectivity index (χ1) is 12.3. The zero-order valence-corrected chi connectivity index (χ0v) is 15.2. The lowest BCUT2D eigenvalue weighted by Gasteiger charge is -2.22. The summed E-state index contributed by atoms with van der Waals surface area (Å²) < 4.78 is 31.6. The van der Waals surface area contributed by atoms with Crippen LogP contribution in [-0.4, -0.2) is 84.0 Å². The van der Waals surface area contributed by atoms with Crippen LogP contribution < -0.4 is 0 Å². The lowest BCUT2D eigenvalue weighted by atomic mass is 10.4. The maximum absolute atomic E-state index is 5.53. The van der Waals surface area contributed by atoms with Gasteiger partial charge in [0.15, 0.2) is 0 Å². The normalized spacial score (nSPS) is 10.4. The minimum atomic E-state index is 0.516. The molecule has 0 rings (SSSR count). The van der Waals surface area contributed by atoms with Gasteiger partial charge < -0.3 is 28.4 Å². The number of hydrogen-bond acceptors (Lipinski definition) is 7. The van der Waals surface area contributed by atoms with E-state index in [1.54, 1.807) is 0 Å². The van der Waals surface area contributed by atoms with Crippen LogP contribution in [0.3, 0.4) is 0 Å².